The Kier molecular flexibility index (Phi) is 8.28. The quantitative estimate of drug-likeness (QED) is 0.561. The lowest BCUT2D eigenvalue weighted by molar-refractivity contribution is 0.252. The summed E-state index contributed by atoms with van der Waals surface area (Å²) >= 11 is 3.46. The van der Waals surface area contributed by atoms with E-state index < -0.39 is 0 Å². The highest BCUT2D eigenvalue weighted by Gasteiger charge is 2.04. The normalized spacial score (nSPS) is 10.3. The Hall–Kier alpha value is -2.21. The van der Waals surface area contributed by atoms with E-state index in [1.54, 1.807) is 7.11 Å². The molecule has 0 atom stereocenters. The maximum absolute atomic E-state index is 12.0. The molecule has 2 rings (SSSR count). The van der Waals surface area contributed by atoms with E-state index in [0.717, 1.165) is 46.5 Å². The molecule has 26 heavy (non-hydrogen) atoms. The lowest BCUT2D eigenvalue weighted by Gasteiger charge is -2.10. The van der Waals surface area contributed by atoms with Crippen LogP contribution in [0.5, 0.6) is 11.5 Å². The lowest BCUT2D eigenvalue weighted by atomic mass is 10.1. The van der Waals surface area contributed by atoms with Crippen LogP contribution in [0, 0.1) is 0 Å². The number of urea groups is 1. The molecule has 0 spiro atoms. The van der Waals surface area contributed by atoms with Gasteiger partial charge in [-0.1, -0.05) is 19.4 Å². The summed E-state index contributed by atoms with van der Waals surface area (Å²) < 4.78 is 11.7. The van der Waals surface area contributed by atoms with E-state index >= 15 is 0 Å². The Morgan fingerprint density at radius 3 is 2.58 bits per heavy atom. The van der Waals surface area contributed by atoms with Crippen LogP contribution in [-0.4, -0.2) is 26.3 Å². The molecule has 2 amide bonds. The number of anilines is 1. The van der Waals surface area contributed by atoms with Gasteiger partial charge < -0.3 is 20.1 Å². The first kappa shape index (κ1) is 20.1. The van der Waals surface area contributed by atoms with E-state index in [1.165, 1.54) is 0 Å². The molecule has 2 N–H and O–H groups in total. The Morgan fingerprint density at radius 2 is 1.92 bits per heavy atom. The van der Waals surface area contributed by atoms with Crippen molar-refractivity contribution in [1.29, 1.82) is 0 Å². The number of unbranched alkanes of at least 4 members (excludes halogenated alkanes) is 1. The van der Waals surface area contributed by atoms with E-state index in [2.05, 4.69) is 33.5 Å². The summed E-state index contributed by atoms with van der Waals surface area (Å²) in [5, 5.41) is 5.67. The summed E-state index contributed by atoms with van der Waals surface area (Å²) in [6.45, 7) is 3.39. The number of benzene rings is 2. The number of hydrogen-bond acceptors (Lipinski definition) is 3. The Morgan fingerprint density at radius 1 is 1.15 bits per heavy atom. The van der Waals surface area contributed by atoms with E-state index in [1.807, 2.05) is 42.5 Å². The van der Waals surface area contributed by atoms with Crippen LogP contribution >= 0.6 is 15.9 Å². The first-order chi connectivity index (χ1) is 12.6. The second kappa shape index (κ2) is 10.7. The highest BCUT2D eigenvalue weighted by atomic mass is 79.9. The van der Waals surface area contributed by atoms with Gasteiger partial charge in [-0.05, 0) is 70.7 Å². The first-order valence-electron chi connectivity index (χ1n) is 8.72. The van der Waals surface area contributed by atoms with Crippen LogP contribution < -0.4 is 20.1 Å². The smallest absolute Gasteiger partial charge is 0.319 e. The number of rotatable bonds is 9. The molecule has 0 aliphatic heterocycles. The fraction of sp³-hybridized carbons (Fsp3) is 0.350. The van der Waals surface area contributed by atoms with Gasteiger partial charge in [0.15, 0.2) is 0 Å². The van der Waals surface area contributed by atoms with Crippen LogP contribution in [0.25, 0.3) is 0 Å². The zero-order valence-electron chi connectivity index (χ0n) is 15.2. The predicted molar refractivity (Wildman–Crippen MR) is 108 cm³/mol. The summed E-state index contributed by atoms with van der Waals surface area (Å²) in [7, 11) is 1.63. The molecule has 6 heteroatoms. The third-order valence-electron chi connectivity index (χ3n) is 3.79. The van der Waals surface area contributed by atoms with Gasteiger partial charge in [-0.15, -0.1) is 0 Å². The number of carbonyl (C=O) groups excluding carboxylic acids is 1. The number of ether oxygens (including phenoxy) is 2. The van der Waals surface area contributed by atoms with E-state index in [-0.39, 0.29) is 6.03 Å². The molecule has 140 valence electrons. The SMILES string of the molecule is CCCCOc1ccc(NC(=O)NCCc2ccc(OC)c(Br)c2)cc1. The van der Waals surface area contributed by atoms with Gasteiger partial charge in [-0.25, -0.2) is 4.79 Å². The van der Waals surface area contributed by atoms with Crippen molar-refractivity contribution in [3.8, 4) is 11.5 Å². The van der Waals surface area contributed by atoms with Gasteiger partial charge in [0.25, 0.3) is 0 Å². The molecular weight excluding hydrogens is 396 g/mol. The van der Waals surface area contributed by atoms with Crippen LogP contribution in [0.4, 0.5) is 10.5 Å². The van der Waals surface area contributed by atoms with Gasteiger partial charge in [0.2, 0.25) is 0 Å². The zero-order valence-corrected chi connectivity index (χ0v) is 16.8. The van der Waals surface area contributed by atoms with Crippen molar-refractivity contribution >= 4 is 27.6 Å². The van der Waals surface area contributed by atoms with Gasteiger partial charge in [0.05, 0.1) is 18.2 Å². The van der Waals surface area contributed by atoms with Crippen LogP contribution in [0.15, 0.2) is 46.9 Å². The molecule has 0 fully saturated rings. The summed E-state index contributed by atoms with van der Waals surface area (Å²) in [6.07, 6.45) is 2.88. The molecule has 0 aliphatic rings. The number of carbonyl (C=O) groups is 1. The van der Waals surface area contributed by atoms with E-state index in [9.17, 15) is 4.79 Å². The third kappa shape index (κ3) is 6.59. The Balaban J connectivity index is 1.73. The first-order valence-corrected chi connectivity index (χ1v) is 9.51. The highest BCUT2D eigenvalue weighted by molar-refractivity contribution is 9.10. The van der Waals surface area contributed by atoms with Crippen molar-refractivity contribution in [3.05, 3.63) is 52.5 Å². The Bertz CT molecular complexity index is 705. The molecule has 0 unspecified atom stereocenters. The monoisotopic (exact) mass is 420 g/mol. The summed E-state index contributed by atoms with van der Waals surface area (Å²) in [6, 6.07) is 13.1. The van der Waals surface area contributed by atoms with Gasteiger partial charge in [0, 0.05) is 12.2 Å². The molecule has 0 saturated carbocycles. The second-order valence-electron chi connectivity index (χ2n) is 5.83. The number of halogens is 1. The summed E-state index contributed by atoms with van der Waals surface area (Å²) in [5.41, 5.74) is 1.85. The number of amides is 2. The average molecular weight is 421 g/mol. The summed E-state index contributed by atoms with van der Waals surface area (Å²) in [4.78, 5) is 12.0. The standard InChI is InChI=1S/C20H25BrN2O3/c1-3-4-13-26-17-8-6-16(7-9-17)23-20(24)22-12-11-15-5-10-19(25-2)18(21)14-15/h5-10,14H,3-4,11-13H2,1-2H3,(H2,22,23,24). The predicted octanol–water partition coefficient (Wildman–Crippen LogP) is 5.00. The van der Waals surface area contributed by atoms with E-state index in [4.69, 9.17) is 9.47 Å². The molecule has 0 bridgehead atoms. The van der Waals surface area contributed by atoms with Gasteiger partial charge in [-0.2, -0.15) is 0 Å². The van der Waals surface area contributed by atoms with Gasteiger partial charge in [-0.3, -0.25) is 0 Å². The number of hydrogen-bond donors (Lipinski definition) is 2. The maximum Gasteiger partial charge on any atom is 0.319 e. The van der Waals surface area contributed by atoms with Crippen LogP contribution in [0.3, 0.4) is 0 Å². The molecule has 2 aromatic carbocycles. The molecular formula is C20H25BrN2O3. The van der Waals surface area contributed by atoms with Gasteiger partial charge >= 0.3 is 6.03 Å². The number of nitrogens with one attached hydrogen (secondary N) is 2. The minimum atomic E-state index is -0.225. The second-order valence-corrected chi connectivity index (χ2v) is 6.68. The minimum Gasteiger partial charge on any atom is -0.496 e. The van der Waals surface area contributed by atoms with Crippen LogP contribution in [-0.2, 0) is 6.42 Å². The third-order valence-corrected chi connectivity index (χ3v) is 4.41. The highest BCUT2D eigenvalue weighted by Crippen LogP contribution is 2.25. The van der Waals surface area contributed by atoms with Crippen molar-refractivity contribution in [2.45, 2.75) is 26.2 Å². The topological polar surface area (TPSA) is 59.6 Å². The molecule has 0 saturated heterocycles. The molecule has 0 heterocycles. The maximum atomic E-state index is 12.0. The zero-order chi connectivity index (χ0) is 18.8. The molecule has 2 aromatic rings. The molecule has 0 aliphatic carbocycles. The summed E-state index contributed by atoms with van der Waals surface area (Å²) in [5.74, 6) is 1.61. The lowest BCUT2D eigenvalue weighted by Crippen LogP contribution is -2.30. The van der Waals surface area contributed by atoms with Crippen molar-refractivity contribution in [1.82, 2.24) is 5.32 Å². The van der Waals surface area contributed by atoms with Gasteiger partial charge in [0.1, 0.15) is 11.5 Å². The molecule has 0 aromatic heterocycles. The fourth-order valence-electron chi connectivity index (χ4n) is 2.33. The Labute approximate surface area is 163 Å². The van der Waals surface area contributed by atoms with E-state index in [0.29, 0.717) is 13.2 Å². The fourth-order valence-corrected chi connectivity index (χ4v) is 2.92. The van der Waals surface area contributed by atoms with Crippen molar-refractivity contribution in [3.63, 3.8) is 0 Å². The minimum absolute atomic E-state index is 0.225. The average Bonchev–Trinajstić information content (AvgIpc) is 2.63. The number of methoxy groups -OCH3 is 1. The van der Waals surface area contributed by atoms with Crippen molar-refractivity contribution < 1.29 is 14.3 Å². The van der Waals surface area contributed by atoms with Crippen LogP contribution in [0.2, 0.25) is 0 Å². The van der Waals surface area contributed by atoms with Crippen molar-refractivity contribution in [2.24, 2.45) is 0 Å². The largest absolute Gasteiger partial charge is 0.496 e. The molecule has 5 nitrogen and oxygen atoms in total. The van der Waals surface area contributed by atoms with Crippen LogP contribution in [0.1, 0.15) is 25.3 Å². The molecule has 0 radical (unpaired) electrons. The van der Waals surface area contributed by atoms with Crippen molar-refractivity contribution in [2.75, 3.05) is 25.6 Å².